The van der Waals surface area contributed by atoms with E-state index >= 15 is 0 Å². The third-order valence-electron chi connectivity index (χ3n) is 4.69. The fourth-order valence-corrected chi connectivity index (χ4v) is 3.06. The average molecular weight is 331 g/mol. The molecule has 0 atom stereocenters. The van der Waals surface area contributed by atoms with Crippen LogP contribution in [0.25, 0.3) is 0 Å². The van der Waals surface area contributed by atoms with Crippen molar-refractivity contribution in [3.63, 3.8) is 0 Å². The van der Waals surface area contributed by atoms with Crippen molar-refractivity contribution in [2.24, 2.45) is 16.8 Å². The summed E-state index contributed by atoms with van der Waals surface area (Å²) in [6.45, 7) is 12.0. The van der Waals surface area contributed by atoms with Gasteiger partial charge in [-0.05, 0) is 50.3 Å². The Morgan fingerprint density at radius 3 is 2.42 bits per heavy atom. The summed E-state index contributed by atoms with van der Waals surface area (Å²) in [5.41, 5.74) is 2.76. The first-order valence-electron chi connectivity index (χ1n) is 9.29. The molecule has 0 spiro atoms. The Morgan fingerprint density at radius 1 is 1.17 bits per heavy atom. The Balaban J connectivity index is 1.67. The molecule has 0 amide bonds. The van der Waals surface area contributed by atoms with E-state index in [0.29, 0.717) is 5.92 Å². The van der Waals surface area contributed by atoms with E-state index in [4.69, 9.17) is 0 Å². The van der Waals surface area contributed by atoms with E-state index in [1.165, 1.54) is 37.1 Å². The minimum absolute atomic E-state index is 0.633. The number of nitrogens with one attached hydrogen (secondary N) is 2. The number of likely N-dealkylation sites (tertiary alicyclic amines) is 1. The molecular weight excluding hydrogens is 296 g/mol. The van der Waals surface area contributed by atoms with Gasteiger partial charge in [-0.25, -0.2) is 0 Å². The van der Waals surface area contributed by atoms with Gasteiger partial charge in [-0.15, -0.1) is 0 Å². The van der Waals surface area contributed by atoms with Crippen LogP contribution in [0, 0.1) is 18.8 Å². The van der Waals surface area contributed by atoms with E-state index in [1.807, 2.05) is 7.05 Å². The van der Waals surface area contributed by atoms with Gasteiger partial charge >= 0.3 is 0 Å². The van der Waals surface area contributed by atoms with Crippen LogP contribution in [0.2, 0.25) is 0 Å². The van der Waals surface area contributed by atoms with Crippen molar-refractivity contribution in [1.29, 1.82) is 0 Å². The van der Waals surface area contributed by atoms with Gasteiger partial charge in [0.25, 0.3) is 0 Å². The predicted octanol–water partition coefficient (Wildman–Crippen LogP) is 3.03. The summed E-state index contributed by atoms with van der Waals surface area (Å²) in [6, 6.07) is 8.93. The number of aryl methyl sites for hydroxylation is 1. The summed E-state index contributed by atoms with van der Waals surface area (Å²) in [6.07, 6.45) is 2.53. The predicted molar refractivity (Wildman–Crippen MR) is 103 cm³/mol. The molecule has 1 aliphatic rings. The van der Waals surface area contributed by atoms with Crippen LogP contribution in [0.5, 0.6) is 0 Å². The van der Waals surface area contributed by atoms with E-state index in [2.05, 4.69) is 65.6 Å². The summed E-state index contributed by atoms with van der Waals surface area (Å²) in [4.78, 5) is 6.88. The Morgan fingerprint density at radius 2 is 1.83 bits per heavy atom. The van der Waals surface area contributed by atoms with Gasteiger partial charge in [0.05, 0.1) is 0 Å². The van der Waals surface area contributed by atoms with Gasteiger partial charge in [-0.1, -0.05) is 43.7 Å². The molecule has 134 valence electrons. The molecule has 0 aliphatic carbocycles. The second kappa shape index (κ2) is 9.67. The zero-order valence-corrected chi connectivity index (χ0v) is 15.8. The van der Waals surface area contributed by atoms with Crippen LogP contribution in [0.1, 0.15) is 37.8 Å². The third kappa shape index (κ3) is 6.52. The molecule has 0 radical (unpaired) electrons. The van der Waals surface area contributed by atoms with Crippen LogP contribution >= 0.6 is 0 Å². The fourth-order valence-electron chi connectivity index (χ4n) is 3.06. The highest BCUT2D eigenvalue weighted by Crippen LogP contribution is 2.18. The minimum Gasteiger partial charge on any atom is -0.356 e. The maximum atomic E-state index is 4.31. The van der Waals surface area contributed by atoms with Crippen LogP contribution in [0.4, 0.5) is 0 Å². The lowest BCUT2D eigenvalue weighted by Crippen LogP contribution is -2.43. The van der Waals surface area contributed by atoms with E-state index in [9.17, 15) is 0 Å². The number of rotatable bonds is 6. The van der Waals surface area contributed by atoms with Crippen molar-refractivity contribution in [3.05, 3.63) is 35.4 Å². The number of hydrogen-bond donors (Lipinski definition) is 2. The molecular formula is C20H34N4. The molecule has 1 fully saturated rings. The number of guanidine groups is 1. The summed E-state index contributed by atoms with van der Waals surface area (Å²) in [5, 5.41) is 6.87. The maximum absolute atomic E-state index is 4.31. The summed E-state index contributed by atoms with van der Waals surface area (Å²) in [7, 11) is 1.85. The normalized spacial score (nSPS) is 17.3. The van der Waals surface area contributed by atoms with Crippen molar-refractivity contribution in [2.45, 2.75) is 40.2 Å². The fraction of sp³-hybridized carbons (Fsp3) is 0.650. The molecule has 2 N–H and O–H groups in total. The first kappa shape index (κ1) is 18.8. The smallest absolute Gasteiger partial charge is 0.190 e. The van der Waals surface area contributed by atoms with Crippen molar-refractivity contribution in [2.75, 3.05) is 33.2 Å². The van der Waals surface area contributed by atoms with Gasteiger partial charge in [0, 0.05) is 26.7 Å². The lowest BCUT2D eigenvalue weighted by molar-refractivity contribution is 0.178. The Bertz CT molecular complexity index is 499. The van der Waals surface area contributed by atoms with Crippen LogP contribution < -0.4 is 10.6 Å². The average Bonchev–Trinajstić information content (AvgIpc) is 2.58. The molecule has 24 heavy (non-hydrogen) atoms. The highest BCUT2D eigenvalue weighted by atomic mass is 15.2. The van der Waals surface area contributed by atoms with Crippen LogP contribution in [0.15, 0.2) is 29.3 Å². The van der Waals surface area contributed by atoms with Crippen molar-refractivity contribution in [1.82, 2.24) is 15.5 Å². The monoisotopic (exact) mass is 330 g/mol. The lowest BCUT2D eigenvalue weighted by Gasteiger charge is -2.32. The molecule has 4 heteroatoms. The van der Waals surface area contributed by atoms with Crippen LogP contribution in [-0.4, -0.2) is 44.1 Å². The number of nitrogens with zero attached hydrogens (tertiary/aromatic N) is 2. The van der Waals surface area contributed by atoms with Crippen molar-refractivity contribution in [3.8, 4) is 0 Å². The Labute approximate surface area is 147 Å². The number of hydrogen-bond acceptors (Lipinski definition) is 2. The minimum atomic E-state index is 0.633. The van der Waals surface area contributed by atoms with Crippen LogP contribution in [-0.2, 0) is 6.54 Å². The van der Waals surface area contributed by atoms with Gasteiger partial charge in [0.2, 0.25) is 0 Å². The van der Waals surface area contributed by atoms with Crippen molar-refractivity contribution >= 4 is 5.96 Å². The Kier molecular flexibility index (Phi) is 7.57. The van der Waals surface area contributed by atoms with Crippen LogP contribution in [0.3, 0.4) is 0 Å². The second-order valence-corrected chi connectivity index (χ2v) is 7.43. The molecule has 0 unspecified atom stereocenters. The highest BCUT2D eigenvalue weighted by molar-refractivity contribution is 5.79. The molecule has 2 rings (SSSR count). The van der Waals surface area contributed by atoms with E-state index in [1.54, 1.807) is 0 Å². The number of piperidine rings is 1. The summed E-state index contributed by atoms with van der Waals surface area (Å²) >= 11 is 0. The van der Waals surface area contributed by atoms with Gasteiger partial charge in [-0.3, -0.25) is 9.89 Å². The molecule has 0 bridgehead atoms. The van der Waals surface area contributed by atoms with E-state index in [0.717, 1.165) is 31.5 Å². The van der Waals surface area contributed by atoms with Gasteiger partial charge in [0.1, 0.15) is 0 Å². The molecule has 1 aliphatic heterocycles. The third-order valence-corrected chi connectivity index (χ3v) is 4.69. The first-order chi connectivity index (χ1) is 11.6. The molecule has 4 nitrogen and oxygen atoms in total. The molecule has 0 saturated carbocycles. The molecule has 1 aromatic rings. The van der Waals surface area contributed by atoms with Crippen molar-refractivity contribution < 1.29 is 0 Å². The molecule has 1 saturated heterocycles. The molecule has 0 aromatic heterocycles. The maximum Gasteiger partial charge on any atom is 0.190 e. The van der Waals surface area contributed by atoms with Gasteiger partial charge in [-0.2, -0.15) is 0 Å². The zero-order valence-electron chi connectivity index (χ0n) is 15.8. The second-order valence-electron chi connectivity index (χ2n) is 7.43. The first-order valence-corrected chi connectivity index (χ1v) is 9.29. The SMILES string of the molecule is CN=C(NCC(C)C)NCC1CCN(Cc2ccc(C)cc2)CC1. The molecule has 1 heterocycles. The quantitative estimate of drug-likeness (QED) is 0.622. The summed E-state index contributed by atoms with van der Waals surface area (Å²) < 4.78 is 0. The number of aliphatic imine (C=N–C) groups is 1. The summed E-state index contributed by atoms with van der Waals surface area (Å²) in [5.74, 6) is 2.32. The van der Waals surface area contributed by atoms with E-state index < -0.39 is 0 Å². The lowest BCUT2D eigenvalue weighted by atomic mass is 9.96. The largest absolute Gasteiger partial charge is 0.356 e. The van der Waals surface area contributed by atoms with Gasteiger partial charge < -0.3 is 10.6 Å². The molecule has 1 aromatic carbocycles. The zero-order chi connectivity index (χ0) is 17.4. The number of benzene rings is 1. The van der Waals surface area contributed by atoms with E-state index in [-0.39, 0.29) is 0 Å². The highest BCUT2D eigenvalue weighted by Gasteiger charge is 2.19. The van der Waals surface area contributed by atoms with Gasteiger partial charge in [0.15, 0.2) is 5.96 Å². The topological polar surface area (TPSA) is 39.7 Å². The Hall–Kier alpha value is -1.55. The standard InChI is InChI=1S/C20H34N4/c1-16(2)13-22-20(21-4)23-14-18-9-11-24(12-10-18)15-19-7-5-17(3)6-8-19/h5-8,16,18H,9-15H2,1-4H3,(H2,21,22,23).